The van der Waals surface area contributed by atoms with Gasteiger partial charge in [0.25, 0.3) is 0 Å². The van der Waals surface area contributed by atoms with Gasteiger partial charge in [0, 0.05) is 22.9 Å². The second kappa shape index (κ2) is 4.50. The molecule has 19 heavy (non-hydrogen) atoms. The summed E-state index contributed by atoms with van der Waals surface area (Å²) in [6.07, 6.45) is 4.92. The second-order valence-electron chi connectivity index (χ2n) is 5.51. The maximum absolute atomic E-state index is 6.39. The molecule has 0 fully saturated rings. The predicted molar refractivity (Wildman–Crippen MR) is 86.2 cm³/mol. The van der Waals surface area contributed by atoms with Crippen LogP contribution in [0.4, 0.5) is 5.69 Å². The first-order valence-corrected chi connectivity index (χ1v) is 7.53. The molecule has 0 amide bonds. The Morgan fingerprint density at radius 2 is 2.37 bits per heavy atom. The highest BCUT2D eigenvalue weighted by atomic mass is 35.5. The Morgan fingerprint density at radius 3 is 3.11 bits per heavy atom. The normalized spacial score (nSPS) is 17.5. The van der Waals surface area contributed by atoms with Crippen LogP contribution >= 0.6 is 23.5 Å². The zero-order valence-electron chi connectivity index (χ0n) is 11.2. The van der Waals surface area contributed by atoms with Crippen LogP contribution in [0.15, 0.2) is 31.0 Å². The van der Waals surface area contributed by atoms with E-state index < -0.39 is 0 Å². The Kier molecular flexibility index (Phi) is 3.06. The molecule has 0 radical (unpaired) electrons. The summed E-state index contributed by atoms with van der Waals surface area (Å²) in [5.41, 5.74) is 3.70. The van der Waals surface area contributed by atoms with E-state index in [9.17, 15) is 0 Å². The van der Waals surface area contributed by atoms with Gasteiger partial charge in [-0.25, -0.2) is 0 Å². The average Bonchev–Trinajstić information content (AvgIpc) is 2.76. The van der Waals surface area contributed by atoms with Gasteiger partial charge < -0.3 is 9.29 Å². The first-order chi connectivity index (χ1) is 9.02. The molecule has 0 spiro atoms. The molecule has 1 aliphatic rings. The number of aromatic nitrogens is 1. The van der Waals surface area contributed by atoms with Gasteiger partial charge in [-0.2, -0.15) is 0 Å². The fourth-order valence-corrected chi connectivity index (χ4v) is 4.31. The number of aromatic amines is 1. The average molecular weight is 293 g/mol. The Bertz CT molecular complexity index is 645. The Hall–Kier alpha value is -1.06. The van der Waals surface area contributed by atoms with Crippen molar-refractivity contribution in [1.29, 1.82) is 0 Å². The zero-order valence-corrected chi connectivity index (χ0v) is 12.7. The molecule has 1 aromatic heterocycles. The lowest BCUT2D eigenvalue weighted by Crippen LogP contribution is -2.33. The number of benzene rings is 1. The van der Waals surface area contributed by atoms with Crippen LogP contribution in [0.5, 0.6) is 0 Å². The predicted octanol–water partition coefficient (Wildman–Crippen LogP) is 4.80. The smallest absolute Gasteiger partial charge is 0.0748 e. The van der Waals surface area contributed by atoms with E-state index in [2.05, 4.69) is 35.8 Å². The van der Waals surface area contributed by atoms with Crippen molar-refractivity contribution >= 4 is 40.1 Å². The number of hydrogen-bond donors (Lipinski definition) is 1. The number of anilines is 1. The van der Waals surface area contributed by atoms with E-state index in [1.807, 2.05) is 30.3 Å². The lowest BCUT2D eigenvalue weighted by Gasteiger charge is -2.39. The van der Waals surface area contributed by atoms with Crippen molar-refractivity contribution in [3.63, 3.8) is 0 Å². The topological polar surface area (TPSA) is 19.0 Å². The van der Waals surface area contributed by atoms with E-state index in [0.29, 0.717) is 0 Å². The third-order valence-electron chi connectivity index (χ3n) is 3.36. The number of hydrogen-bond acceptors (Lipinski definition) is 2. The maximum atomic E-state index is 6.39. The van der Waals surface area contributed by atoms with Gasteiger partial charge in [0.15, 0.2) is 0 Å². The van der Waals surface area contributed by atoms with Crippen molar-refractivity contribution in [2.75, 3.05) is 10.8 Å². The summed E-state index contributed by atoms with van der Waals surface area (Å²) in [6.45, 7) is 9.23. The van der Waals surface area contributed by atoms with Crippen molar-refractivity contribution in [3.05, 3.63) is 41.6 Å². The van der Waals surface area contributed by atoms with Crippen molar-refractivity contribution < 1.29 is 0 Å². The highest BCUT2D eigenvalue weighted by molar-refractivity contribution is 8.02. The maximum Gasteiger partial charge on any atom is 0.0748 e. The van der Waals surface area contributed by atoms with E-state index in [1.54, 1.807) is 0 Å². The van der Waals surface area contributed by atoms with Crippen molar-refractivity contribution in [3.8, 4) is 0 Å². The summed E-state index contributed by atoms with van der Waals surface area (Å²) < 4.78 is 2.50. The van der Waals surface area contributed by atoms with Gasteiger partial charge in [0.05, 0.1) is 16.2 Å². The summed E-state index contributed by atoms with van der Waals surface area (Å²) in [7, 11) is 0. The van der Waals surface area contributed by atoms with Gasteiger partial charge in [-0.05, 0) is 49.9 Å². The van der Waals surface area contributed by atoms with Gasteiger partial charge in [0.2, 0.25) is 0 Å². The van der Waals surface area contributed by atoms with Gasteiger partial charge in [-0.15, -0.1) is 6.58 Å². The minimum absolute atomic E-state index is 0.180. The Morgan fingerprint density at radius 1 is 1.58 bits per heavy atom. The molecular formula is C15H17ClN2S. The first kappa shape index (κ1) is 12.9. The lowest BCUT2D eigenvalue weighted by molar-refractivity contribution is 0.696. The summed E-state index contributed by atoms with van der Waals surface area (Å²) >= 11 is 8.27. The zero-order chi connectivity index (χ0) is 13.6. The highest BCUT2D eigenvalue weighted by Gasteiger charge is 2.32. The van der Waals surface area contributed by atoms with Gasteiger partial charge in [-0.3, -0.25) is 0 Å². The van der Waals surface area contributed by atoms with Crippen LogP contribution in [0.25, 0.3) is 10.9 Å². The summed E-state index contributed by atoms with van der Waals surface area (Å²) in [6, 6.07) is 4.15. The molecule has 0 aliphatic carbocycles. The van der Waals surface area contributed by atoms with Crippen LogP contribution < -0.4 is 4.31 Å². The Labute approximate surface area is 123 Å². The highest BCUT2D eigenvalue weighted by Crippen LogP contribution is 2.47. The van der Waals surface area contributed by atoms with Crippen LogP contribution in [-0.4, -0.2) is 16.3 Å². The van der Waals surface area contributed by atoms with Crippen LogP contribution in [0.1, 0.15) is 19.4 Å². The summed E-state index contributed by atoms with van der Waals surface area (Å²) in [5.74, 6) is 0. The molecule has 2 aromatic rings. The molecule has 1 aromatic carbocycles. The number of rotatable bonds is 2. The molecule has 2 nitrogen and oxygen atoms in total. The number of halogens is 1. The summed E-state index contributed by atoms with van der Waals surface area (Å²) in [5, 5.41) is 1.92. The molecule has 3 rings (SSSR count). The molecule has 1 N–H and O–H groups in total. The molecule has 0 saturated carbocycles. The fraction of sp³-hybridized carbons (Fsp3) is 0.333. The van der Waals surface area contributed by atoms with Gasteiger partial charge in [-0.1, -0.05) is 17.7 Å². The van der Waals surface area contributed by atoms with Gasteiger partial charge >= 0.3 is 0 Å². The summed E-state index contributed by atoms with van der Waals surface area (Å²) in [4.78, 5) is 3.33. The molecule has 4 heteroatoms. The third kappa shape index (κ3) is 2.15. The third-order valence-corrected chi connectivity index (χ3v) is 4.87. The number of nitrogens with zero attached hydrogens (tertiary/aromatic N) is 1. The largest absolute Gasteiger partial charge is 0.359 e. The molecule has 1 aliphatic heterocycles. The molecular weight excluding hydrogens is 276 g/mol. The van der Waals surface area contributed by atoms with E-state index >= 15 is 0 Å². The van der Waals surface area contributed by atoms with E-state index in [1.165, 1.54) is 11.3 Å². The van der Waals surface area contributed by atoms with E-state index in [0.717, 1.165) is 28.9 Å². The standard InChI is InChI=1S/C15H17ClN2S/c1-4-7-18-14-10(9-15(2,3)19-18)8-12(16)11-5-6-17-13(11)14/h4-6,8,17H,1,7,9H2,2-3H3. The van der Waals surface area contributed by atoms with Crippen LogP contribution in [0, 0.1) is 0 Å². The number of H-pyrrole nitrogens is 1. The van der Waals surface area contributed by atoms with E-state index in [4.69, 9.17) is 11.6 Å². The molecule has 0 atom stereocenters. The lowest BCUT2D eigenvalue weighted by atomic mass is 9.98. The van der Waals surface area contributed by atoms with Gasteiger partial charge in [0.1, 0.15) is 0 Å². The monoisotopic (exact) mass is 292 g/mol. The molecule has 2 heterocycles. The quantitative estimate of drug-likeness (QED) is 0.633. The molecule has 0 bridgehead atoms. The van der Waals surface area contributed by atoms with Crippen LogP contribution in [0.3, 0.4) is 0 Å². The second-order valence-corrected chi connectivity index (χ2v) is 7.65. The number of fused-ring (bicyclic) bond motifs is 3. The Balaban J connectivity index is 2.25. The van der Waals surface area contributed by atoms with Crippen molar-refractivity contribution in [1.82, 2.24) is 4.98 Å². The number of nitrogens with one attached hydrogen (secondary N) is 1. The van der Waals surface area contributed by atoms with Crippen LogP contribution in [0.2, 0.25) is 5.02 Å². The van der Waals surface area contributed by atoms with Crippen molar-refractivity contribution in [2.24, 2.45) is 0 Å². The first-order valence-electron chi connectivity index (χ1n) is 6.38. The van der Waals surface area contributed by atoms with Crippen LogP contribution in [-0.2, 0) is 6.42 Å². The SMILES string of the molecule is C=CCN1SC(C)(C)Cc2cc(Cl)c3cc[nH]c3c21. The van der Waals surface area contributed by atoms with E-state index in [-0.39, 0.29) is 4.75 Å². The fourth-order valence-electron chi connectivity index (χ4n) is 2.72. The molecule has 0 saturated heterocycles. The molecule has 0 unspecified atom stereocenters. The van der Waals surface area contributed by atoms with Crippen molar-refractivity contribution in [2.45, 2.75) is 25.0 Å². The minimum Gasteiger partial charge on any atom is -0.359 e. The minimum atomic E-state index is 0.180. The molecule has 100 valence electrons.